The van der Waals surface area contributed by atoms with Crippen LogP contribution >= 0.6 is 0 Å². The summed E-state index contributed by atoms with van der Waals surface area (Å²) in [5.41, 5.74) is 1.96. The number of fused-ring (bicyclic) bond motifs is 1. The van der Waals surface area contributed by atoms with Crippen LogP contribution in [0, 0.1) is 19.8 Å². The fraction of sp³-hybridized carbons (Fsp3) is 0.652. The molecule has 4 heterocycles. The lowest BCUT2D eigenvalue weighted by atomic mass is 9.98. The van der Waals surface area contributed by atoms with Crippen molar-refractivity contribution < 1.29 is 14.1 Å². The Morgan fingerprint density at radius 3 is 2.69 bits per heavy atom. The second-order valence-corrected chi connectivity index (χ2v) is 9.20. The third-order valence-corrected chi connectivity index (χ3v) is 6.15. The van der Waals surface area contributed by atoms with Crippen molar-refractivity contribution in [2.24, 2.45) is 5.92 Å². The van der Waals surface area contributed by atoms with Gasteiger partial charge in [-0.05, 0) is 45.4 Å². The first-order valence-electron chi connectivity index (χ1n) is 11.6. The number of amides is 2. The molecule has 32 heavy (non-hydrogen) atoms. The smallest absolute Gasteiger partial charge is 0.228 e. The lowest BCUT2D eigenvalue weighted by Gasteiger charge is -2.36. The predicted octanol–water partition coefficient (Wildman–Crippen LogP) is 3.10. The highest BCUT2D eigenvalue weighted by Gasteiger charge is 2.34. The van der Waals surface area contributed by atoms with E-state index in [2.05, 4.69) is 24.0 Å². The van der Waals surface area contributed by atoms with E-state index in [1.807, 2.05) is 16.7 Å². The number of aromatic nitrogens is 4. The lowest BCUT2D eigenvalue weighted by Crippen LogP contribution is -2.41. The summed E-state index contributed by atoms with van der Waals surface area (Å²) in [6.45, 7) is 9.27. The maximum Gasteiger partial charge on any atom is 0.228 e. The zero-order chi connectivity index (χ0) is 22.8. The van der Waals surface area contributed by atoms with E-state index in [1.54, 1.807) is 6.92 Å². The molecule has 4 rings (SSSR count). The van der Waals surface area contributed by atoms with Crippen molar-refractivity contribution in [1.29, 1.82) is 0 Å². The van der Waals surface area contributed by atoms with E-state index < -0.39 is 0 Å². The topological polar surface area (TPSA) is 105 Å². The van der Waals surface area contributed by atoms with E-state index in [9.17, 15) is 9.59 Å². The number of nitrogens with zero attached hydrogens (tertiary/aromatic N) is 6. The van der Waals surface area contributed by atoms with E-state index in [0.717, 1.165) is 36.3 Å². The van der Waals surface area contributed by atoms with Crippen LogP contribution in [-0.2, 0) is 22.4 Å². The number of anilines is 1. The van der Waals surface area contributed by atoms with Crippen LogP contribution in [0.5, 0.6) is 0 Å². The fourth-order valence-corrected chi connectivity index (χ4v) is 4.60. The Hall–Kier alpha value is -2.84. The Kier molecular flexibility index (Phi) is 6.53. The van der Waals surface area contributed by atoms with Crippen LogP contribution < -0.4 is 4.90 Å². The van der Waals surface area contributed by atoms with Gasteiger partial charge in [-0.15, -0.1) is 0 Å². The van der Waals surface area contributed by atoms with Crippen LogP contribution in [0.15, 0.2) is 4.52 Å². The fourth-order valence-electron chi connectivity index (χ4n) is 4.60. The molecule has 9 nitrogen and oxygen atoms in total. The van der Waals surface area contributed by atoms with Crippen molar-refractivity contribution in [1.82, 2.24) is 25.0 Å². The summed E-state index contributed by atoms with van der Waals surface area (Å²) in [6, 6.07) is -0.178. The Morgan fingerprint density at radius 1 is 1.16 bits per heavy atom. The first-order valence-corrected chi connectivity index (χ1v) is 11.6. The normalized spacial score (nSPS) is 18.9. The van der Waals surface area contributed by atoms with Crippen molar-refractivity contribution in [2.75, 3.05) is 18.0 Å². The molecule has 0 bridgehead atoms. The van der Waals surface area contributed by atoms with Gasteiger partial charge in [0.25, 0.3) is 0 Å². The van der Waals surface area contributed by atoms with Crippen LogP contribution in [0.2, 0.25) is 0 Å². The first-order chi connectivity index (χ1) is 15.3. The Labute approximate surface area is 188 Å². The van der Waals surface area contributed by atoms with Crippen LogP contribution in [0.25, 0.3) is 0 Å². The van der Waals surface area contributed by atoms with E-state index >= 15 is 0 Å². The van der Waals surface area contributed by atoms with E-state index in [1.165, 1.54) is 0 Å². The van der Waals surface area contributed by atoms with E-state index in [4.69, 9.17) is 14.5 Å². The maximum absolute atomic E-state index is 13.1. The molecule has 1 unspecified atom stereocenters. The minimum Gasteiger partial charge on any atom is -0.339 e. The summed E-state index contributed by atoms with van der Waals surface area (Å²) in [6.07, 6.45) is 4.69. The quantitative estimate of drug-likeness (QED) is 0.679. The van der Waals surface area contributed by atoms with Crippen molar-refractivity contribution in [3.05, 3.63) is 28.8 Å². The third-order valence-electron chi connectivity index (χ3n) is 6.15. The monoisotopic (exact) mass is 440 g/mol. The van der Waals surface area contributed by atoms with Gasteiger partial charge in [-0.3, -0.25) is 14.5 Å². The van der Waals surface area contributed by atoms with Gasteiger partial charge < -0.3 is 9.42 Å². The Bertz CT molecular complexity index is 1000. The van der Waals surface area contributed by atoms with Gasteiger partial charge in [-0.1, -0.05) is 19.0 Å². The lowest BCUT2D eigenvalue weighted by molar-refractivity contribution is -0.135. The van der Waals surface area contributed by atoms with Gasteiger partial charge in [0.2, 0.25) is 17.7 Å². The molecule has 2 aromatic heterocycles. The van der Waals surface area contributed by atoms with Crippen molar-refractivity contribution in [2.45, 2.75) is 78.7 Å². The molecule has 0 aromatic carbocycles. The number of likely N-dealkylation sites (tertiary alicyclic amines) is 1. The predicted molar refractivity (Wildman–Crippen MR) is 118 cm³/mol. The molecule has 1 atom stereocenters. The number of piperidine rings is 1. The highest BCUT2D eigenvalue weighted by atomic mass is 16.5. The van der Waals surface area contributed by atoms with E-state index in [-0.39, 0.29) is 17.9 Å². The molecule has 9 heteroatoms. The maximum atomic E-state index is 13.1. The first kappa shape index (κ1) is 22.4. The molecule has 2 aliphatic rings. The van der Waals surface area contributed by atoms with Crippen molar-refractivity contribution >= 4 is 17.6 Å². The second kappa shape index (κ2) is 9.34. The van der Waals surface area contributed by atoms with Crippen LogP contribution in [0.3, 0.4) is 0 Å². The van der Waals surface area contributed by atoms with E-state index in [0.29, 0.717) is 62.2 Å². The summed E-state index contributed by atoms with van der Waals surface area (Å²) >= 11 is 0. The summed E-state index contributed by atoms with van der Waals surface area (Å²) < 4.78 is 5.15. The minimum atomic E-state index is -0.178. The molecular formula is C23H32N6O3. The highest BCUT2D eigenvalue weighted by molar-refractivity contribution is 5.95. The number of carbonyl (C=O) groups is 2. The SMILES string of the molecule is Cc1noc(CCC(=O)N2CCCCC2c2nc(C)c3c(n2)N(CC(C)C)C(=O)CC3)n1. The number of carbonyl (C=O) groups excluding carboxylic acids is 2. The number of hydrogen-bond donors (Lipinski definition) is 0. The number of rotatable bonds is 6. The van der Waals surface area contributed by atoms with Gasteiger partial charge in [0, 0.05) is 43.6 Å². The van der Waals surface area contributed by atoms with Crippen molar-refractivity contribution in [3.8, 4) is 0 Å². The van der Waals surface area contributed by atoms with Crippen molar-refractivity contribution in [3.63, 3.8) is 0 Å². The van der Waals surface area contributed by atoms with Crippen LogP contribution in [0.4, 0.5) is 5.82 Å². The van der Waals surface area contributed by atoms with Gasteiger partial charge in [0.1, 0.15) is 5.82 Å². The highest BCUT2D eigenvalue weighted by Crippen LogP contribution is 2.34. The summed E-state index contributed by atoms with van der Waals surface area (Å²) in [5, 5.41) is 3.79. The van der Waals surface area contributed by atoms with Gasteiger partial charge in [-0.25, -0.2) is 9.97 Å². The number of aryl methyl sites for hydroxylation is 3. The largest absolute Gasteiger partial charge is 0.339 e. The average molecular weight is 441 g/mol. The Morgan fingerprint density at radius 2 is 1.97 bits per heavy atom. The summed E-state index contributed by atoms with van der Waals surface area (Å²) in [5.74, 6) is 2.92. The standard InChI is InChI=1S/C23H32N6O3/c1-14(2)13-29-21(31)10-8-17-15(3)24-22(26-23(17)29)18-7-5-6-12-28(18)20(30)11-9-19-25-16(4)27-32-19/h14,18H,5-13H2,1-4H3. The molecule has 2 aliphatic heterocycles. The molecule has 0 aliphatic carbocycles. The molecule has 1 fully saturated rings. The van der Waals surface area contributed by atoms with Crippen LogP contribution in [0.1, 0.15) is 80.8 Å². The third kappa shape index (κ3) is 4.66. The second-order valence-electron chi connectivity index (χ2n) is 9.20. The van der Waals surface area contributed by atoms with Crippen LogP contribution in [-0.4, -0.2) is 49.9 Å². The minimum absolute atomic E-state index is 0.0413. The molecule has 0 spiro atoms. The molecular weight excluding hydrogens is 408 g/mol. The zero-order valence-corrected chi connectivity index (χ0v) is 19.4. The van der Waals surface area contributed by atoms with Gasteiger partial charge in [0.05, 0.1) is 6.04 Å². The number of hydrogen-bond acceptors (Lipinski definition) is 7. The molecule has 1 saturated heterocycles. The zero-order valence-electron chi connectivity index (χ0n) is 19.4. The molecule has 2 amide bonds. The molecule has 0 N–H and O–H groups in total. The molecule has 0 radical (unpaired) electrons. The Balaban J connectivity index is 1.59. The van der Waals surface area contributed by atoms with Gasteiger partial charge in [-0.2, -0.15) is 4.98 Å². The summed E-state index contributed by atoms with van der Waals surface area (Å²) in [7, 11) is 0. The average Bonchev–Trinajstić information content (AvgIpc) is 3.19. The van der Waals surface area contributed by atoms with Gasteiger partial charge in [0.15, 0.2) is 11.6 Å². The molecule has 2 aromatic rings. The molecule has 0 saturated carbocycles. The van der Waals surface area contributed by atoms with Gasteiger partial charge >= 0.3 is 0 Å². The molecule has 172 valence electrons. The summed E-state index contributed by atoms with van der Waals surface area (Å²) in [4.78, 5) is 43.4.